The summed E-state index contributed by atoms with van der Waals surface area (Å²) in [5.41, 5.74) is 2.74. The lowest BCUT2D eigenvalue weighted by Gasteiger charge is -2.27. The van der Waals surface area contributed by atoms with Crippen LogP contribution in [0.15, 0.2) is 24.3 Å². The third-order valence-electron chi connectivity index (χ3n) is 2.83. The van der Waals surface area contributed by atoms with E-state index in [1.807, 2.05) is 6.07 Å². The summed E-state index contributed by atoms with van der Waals surface area (Å²) in [5.74, 6) is 0.315. The number of benzene rings is 1. The van der Waals surface area contributed by atoms with Gasteiger partial charge in [-0.25, -0.2) is 0 Å². The third-order valence-corrected chi connectivity index (χ3v) is 2.83. The Morgan fingerprint density at radius 1 is 1.33 bits per heavy atom. The lowest BCUT2D eigenvalue weighted by molar-refractivity contribution is 0.132. The van der Waals surface area contributed by atoms with Gasteiger partial charge in [-0.2, -0.15) is 0 Å². The van der Waals surface area contributed by atoms with Crippen LogP contribution in [0.4, 0.5) is 0 Å². The molecular formula is C11H14O. The van der Waals surface area contributed by atoms with Crippen molar-refractivity contribution in [2.75, 3.05) is 0 Å². The van der Waals surface area contributed by atoms with Crippen LogP contribution in [-0.4, -0.2) is 11.2 Å². The zero-order chi connectivity index (χ0) is 8.55. The van der Waals surface area contributed by atoms with Crippen LogP contribution < -0.4 is 0 Å². The standard InChI is InChI=1S/C11H14O/c1-8-10-5-3-2-4-9(10)6-7-11(8)12/h2-5,8,11-12H,6-7H2,1H3/t8-,11+/m0/s1. The summed E-state index contributed by atoms with van der Waals surface area (Å²) in [4.78, 5) is 0. The second-order valence-electron chi connectivity index (χ2n) is 3.59. The van der Waals surface area contributed by atoms with E-state index in [4.69, 9.17) is 0 Å². The Bertz CT molecular complexity index is 280. The molecule has 0 aliphatic heterocycles. The first-order valence-electron chi connectivity index (χ1n) is 4.55. The van der Waals surface area contributed by atoms with Gasteiger partial charge in [-0.1, -0.05) is 31.2 Å². The third kappa shape index (κ3) is 1.14. The van der Waals surface area contributed by atoms with Gasteiger partial charge in [0.1, 0.15) is 0 Å². The lowest BCUT2D eigenvalue weighted by Crippen LogP contribution is -2.22. The normalized spacial score (nSPS) is 28.2. The van der Waals surface area contributed by atoms with Gasteiger partial charge in [0.05, 0.1) is 6.10 Å². The summed E-state index contributed by atoms with van der Waals surface area (Å²) < 4.78 is 0. The molecule has 1 heteroatoms. The number of aliphatic hydroxyl groups is 1. The molecule has 12 heavy (non-hydrogen) atoms. The molecule has 1 aliphatic carbocycles. The van der Waals surface area contributed by atoms with Crippen molar-refractivity contribution in [1.82, 2.24) is 0 Å². The van der Waals surface area contributed by atoms with Gasteiger partial charge in [0, 0.05) is 5.92 Å². The van der Waals surface area contributed by atoms with E-state index in [1.54, 1.807) is 0 Å². The second-order valence-corrected chi connectivity index (χ2v) is 3.59. The van der Waals surface area contributed by atoms with Crippen LogP contribution in [0, 0.1) is 0 Å². The molecule has 2 rings (SSSR count). The van der Waals surface area contributed by atoms with Crippen molar-refractivity contribution in [3.05, 3.63) is 35.4 Å². The average Bonchev–Trinajstić information content (AvgIpc) is 2.12. The fourth-order valence-corrected chi connectivity index (χ4v) is 1.97. The summed E-state index contributed by atoms with van der Waals surface area (Å²) in [6, 6.07) is 8.41. The Balaban J connectivity index is 2.42. The maximum Gasteiger partial charge on any atom is 0.0609 e. The first-order valence-corrected chi connectivity index (χ1v) is 4.55. The average molecular weight is 162 g/mol. The molecule has 0 bridgehead atoms. The van der Waals surface area contributed by atoms with Crippen molar-refractivity contribution in [3.63, 3.8) is 0 Å². The maximum absolute atomic E-state index is 9.62. The van der Waals surface area contributed by atoms with E-state index in [9.17, 15) is 5.11 Å². The Hall–Kier alpha value is -0.820. The number of hydrogen-bond acceptors (Lipinski definition) is 1. The Kier molecular flexibility index (Phi) is 1.89. The fraction of sp³-hybridized carbons (Fsp3) is 0.455. The Morgan fingerprint density at radius 2 is 2.08 bits per heavy atom. The van der Waals surface area contributed by atoms with Crippen LogP contribution in [0.2, 0.25) is 0 Å². The molecule has 0 fully saturated rings. The topological polar surface area (TPSA) is 20.2 Å². The highest BCUT2D eigenvalue weighted by molar-refractivity contribution is 5.33. The molecule has 64 valence electrons. The molecule has 0 heterocycles. The zero-order valence-corrected chi connectivity index (χ0v) is 7.33. The van der Waals surface area contributed by atoms with Crippen LogP contribution in [0.5, 0.6) is 0 Å². The minimum Gasteiger partial charge on any atom is -0.392 e. The molecule has 0 radical (unpaired) electrons. The highest BCUT2D eigenvalue weighted by Crippen LogP contribution is 2.30. The Morgan fingerprint density at radius 3 is 2.92 bits per heavy atom. The summed E-state index contributed by atoms with van der Waals surface area (Å²) in [6.07, 6.45) is 1.81. The SMILES string of the molecule is C[C@H]1c2ccccc2CC[C@H]1O. The summed E-state index contributed by atoms with van der Waals surface area (Å²) >= 11 is 0. The molecule has 0 saturated heterocycles. The van der Waals surface area contributed by atoms with E-state index < -0.39 is 0 Å². The van der Waals surface area contributed by atoms with Crippen molar-refractivity contribution < 1.29 is 5.11 Å². The van der Waals surface area contributed by atoms with Gasteiger partial charge < -0.3 is 5.11 Å². The first-order chi connectivity index (χ1) is 5.79. The van der Waals surface area contributed by atoms with E-state index >= 15 is 0 Å². The predicted molar refractivity (Wildman–Crippen MR) is 49.2 cm³/mol. The lowest BCUT2D eigenvalue weighted by atomic mass is 9.82. The highest BCUT2D eigenvalue weighted by atomic mass is 16.3. The van der Waals surface area contributed by atoms with Crippen LogP contribution in [0.3, 0.4) is 0 Å². The van der Waals surface area contributed by atoms with Gasteiger partial charge in [0.2, 0.25) is 0 Å². The number of aryl methyl sites for hydroxylation is 1. The molecule has 1 N–H and O–H groups in total. The van der Waals surface area contributed by atoms with Crippen LogP contribution in [0.1, 0.15) is 30.4 Å². The number of rotatable bonds is 0. The maximum atomic E-state index is 9.62. The van der Waals surface area contributed by atoms with Gasteiger partial charge in [-0.15, -0.1) is 0 Å². The molecule has 1 aromatic carbocycles. The predicted octanol–water partition coefficient (Wildman–Crippen LogP) is 2.10. The van der Waals surface area contributed by atoms with Crippen molar-refractivity contribution >= 4 is 0 Å². The first kappa shape index (κ1) is 7.81. The molecule has 0 spiro atoms. The molecule has 1 aliphatic rings. The summed E-state index contributed by atoms with van der Waals surface area (Å²) in [5, 5.41) is 9.62. The molecule has 0 aromatic heterocycles. The minimum atomic E-state index is -0.139. The molecule has 1 nitrogen and oxygen atoms in total. The van der Waals surface area contributed by atoms with Crippen molar-refractivity contribution in [2.45, 2.75) is 31.8 Å². The quantitative estimate of drug-likeness (QED) is 0.619. The molecule has 2 atom stereocenters. The largest absolute Gasteiger partial charge is 0.392 e. The van der Waals surface area contributed by atoms with Gasteiger partial charge >= 0.3 is 0 Å². The van der Waals surface area contributed by atoms with Crippen molar-refractivity contribution in [2.24, 2.45) is 0 Å². The van der Waals surface area contributed by atoms with E-state index in [1.165, 1.54) is 11.1 Å². The van der Waals surface area contributed by atoms with E-state index in [0.717, 1.165) is 12.8 Å². The van der Waals surface area contributed by atoms with Crippen molar-refractivity contribution in [1.29, 1.82) is 0 Å². The molecule has 0 saturated carbocycles. The van der Waals surface area contributed by atoms with E-state index in [-0.39, 0.29) is 6.10 Å². The number of fused-ring (bicyclic) bond motifs is 1. The Labute approximate surface area is 73.0 Å². The zero-order valence-electron chi connectivity index (χ0n) is 7.33. The van der Waals surface area contributed by atoms with Gasteiger partial charge in [-0.05, 0) is 24.0 Å². The van der Waals surface area contributed by atoms with Gasteiger partial charge in [0.25, 0.3) is 0 Å². The van der Waals surface area contributed by atoms with Gasteiger partial charge in [0.15, 0.2) is 0 Å². The molecule has 1 aromatic rings. The van der Waals surface area contributed by atoms with Crippen LogP contribution in [-0.2, 0) is 6.42 Å². The highest BCUT2D eigenvalue weighted by Gasteiger charge is 2.23. The van der Waals surface area contributed by atoms with Crippen molar-refractivity contribution in [3.8, 4) is 0 Å². The fourth-order valence-electron chi connectivity index (χ4n) is 1.97. The summed E-state index contributed by atoms with van der Waals surface area (Å²) in [7, 11) is 0. The van der Waals surface area contributed by atoms with Gasteiger partial charge in [-0.3, -0.25) is 0 Å². The molecule has 0 amide bonds. The molecule has 0 unspecified atom stereocenters. The van der Waals surface area contributed by atoms with Crippen LogP contribution >= 0.6 is 0 Å². The second kappa shape index (κ2) is 2.91. The monoisotopic (exact) mass is 162 g/mol. The number of hydrogen-bond donors (Lipinski definition) is 1. The van der Waals surface area contributed by atoms with E-state index in [0.29, 0.717) is 5.92 Å². The molecular weight excluding hydrogens is 148 g/mol. The van der Waals surface area contributed by atoms with Crippen LogP contribution in [0.25, 0.3) is 0 Å². The number of aliphatic hydroxyl groups excluding tert-OH is 1. The minimum absolute atomic E-state index is 0.139. The smallest absolute Gasteiger partial charge is 0.0609 e. The summed E-state index contributed by atoms with van der Waals surface area (Å²) in [6.45, 7) is 2.10. The van der Waals surface area contributed by atoms with E-state index in [2.05, 4.69) is 25.1 Å².